The van der Waals surface area contributed by atoms with Gasteiger partial charge in [-0.05, 0) is 122 Å². The van der Waals surface area contributed by atoms with Crippen molar-refractivity contribution in [2.75, 3.05) is 13.2 Å². The minimum atomic E-state index is -0.820. The molecular formula is C67H112O6. The Morgan fingerprint density at radius 1 is 0.288 bits per heavy atom. The summed E-state index contributed by atoms with van der Waals surface area (Å²) in [7, 11) is 0. The zero-order valence-corrected chi connectivity index (χ0v) is 47.6. The molecule has 0 radical (unpaired) electrons. The molecule has 0 bridgehead atoms. The first-order valence-electron chi connectivity index (χ1n) is 30.4. The van der Waals surface area contributed by atoms with Crippen LogP contribution in [0.3, 0.4) is 0 Å². The Labute approximate surface area is 450 Å². The topological polar surface area (TPSA) is 78.9 Å². The van der Waals surface area contributed by atoms with Crippen LogP contribution in [-0.4, -0.2) is 37.2 Å². The predicted molar refractivity (Wildman–Crippen MR) is 316 cm³/mol. The SMILES string of the molecule is CC/C=C\C/C=C\C/C=C\C/C=C\C/C=C\CCCC(=O)O[C@H](COC(=O)CCCCCC/C=C\C/C=C\C/C=C\CCCCC)COC(=O)CCCCCCCCCCCCC/C=C\CCCCCCCC. The fourth-order valence-electron chi connectivity index (χ4n) is 8.19. The van der Waals surface area contributed by atoms with Crippen molar-refractivity contribution in [3.05, 3.63) is 109 Å². The molecule has 0 saturated carbocycles. The van der Waals surface area contributed by atoms with E-state index in [-0.39, 0.29) is 37.5 Å². The van der Waals surface area contributed by atoms with Crippen LogP contribution in [0, 0.1) is 0 Å². The van der Waals surface area contributed by atoms with E-state index >= 15 is 0 Å². The van der Waals surface area contributed by atoms with Crippen molar-refractivity contribution in [2.24, 2.45) is 0 Å². The first-order chi connectivity index (χ1) is 36.0. The number of carbonyl (C=O) groups is 3. The van der Waals surface area contributed by atoms with Gasteiger partial charge < -0.3 is 14.2 Å². The maximum absolute atomic E-state index is 12.9. The van der Waals surface area contributed by atoms with Gasteiger partial charge in [0, 0.05) is 19.3 Å². The lowest BCUT2D eigenvalue weighted by Crippen LogP contribution is -2.30. The van der Waals surface area contributed by atoms with Crippen LogP contribution >= 0.6 is 0 Å². The van der Waals surface area contributed by atoms with Crippen LogP contribution in [0.5, 0.6) is 0 Å². The Morgan fingerprint density at radius 3 is 0.918 bits per heavy atom. The van der Waals surface area contributed by atoms with E-state index in [0.717, 1.165) is 103 Å². The van der Waals surface area contributed by atoms with Crippen molar-refractivity contribution in [1.29, 1.82) is 0 Å². The number of hydrogen-bond acceptors (Lipinski definition) is 6. The molecule has 0 spiro atoms. The number of unbranched alkanes of at least 4 members (excludes halogenated alkanes) is 25. The van der Waals surface area contributed by atoms with Gasteiger partial charge in [-0.2, -0.15) is 0 Å². The lowest BCUT2D eigenvalue weighted by Gasteiger charge is -2.18. The largest absolute Gasteiger partial charge is 0.462 e. The second kappa shape index (κ2) is 60.6. The van der Waals surface area contributed by atoms with Crippen molar-refractivity contribution in [1.82, 2.24) is 0 Å². The maximum Gasteiger partial charge on any atom is 0.306 e. The zero-order chi connectivity index (χ0) is 52.9. The molecule has 0 aromatic carbocycles. The third-order valence-electron chi connectivity index (χ3n) is 12.7. The first kappa shape index (κ1) is 69.1. The number of carbonyl (C=O) groups excluding carboxylic acids is 3. The summed E-state index contributed by atoms with van der Waals surface area (Å²) in [6, 6.07) is 0. The second-order valence-electron chi connectivity index (χ2n) is 19.9. The van der Waals surface area contributed by atoms with E-state index in [9.17, 15) is 14.4 Å². The highest BCUT2D eigenvalue weighted by molar-refractivity contribution is 5.71. The van der Waals surface area contributed by atoms with Crippen LogP contribution in [0.1, 0.15) is 278 Å². The van der Waals surface area contributed by atoms with Gasteiger partial charge in [-0.3, -0.25) is 14.4 Å². The second-order valence-corrected chi connectivity index (χ2v) is 19.9. The van der Waals surface area contributed by atoms with Gasteiger partial charge in [0.25, 0.3) is 0 Å². The molecule has 73 heavy (non-hydrogen) atoms. The van der Waals surface area contributed by atoms with Gasteiger partial charge in [0.05, 0.1) is 0 Å². The van der Waals surface area contributed by atoms with Gasteiger partial charge in [-0.25, -0.2) is 0 Å². The van der Waals surface area contributed by atoms with Crippen LogP contribution in [0.25, 0.3) is 0 Å². The normalized spacial score (nSPS) is 12.9. The van der Waals surface area contributed by atoms with Gasteiger partial charge in [0.1, 0.15) is 13.2 Å². The summed E-state index contributed by atoms with van der Waals surface area (Å²) < 4.78 is 16.8. The van der Waals surface area contributed by atoms with E-state index in [1.165, 1.54) is 128 Å². The number of hydrogen-bond donors (Lipinski definition) is 0. The number of allylic oxidation sites excluding steroid dienone is 18. The van der Waals surface area contributed by atoms with Crippen LogP contribution < -0.4 is 0 Å². The minimum absolute atomic E-state index is 0.109. The van der Waals surface area contributed by atoms with Crippen molar-refractivity contribution < 1.29 is 28.6 Å². The zero-order valence-electron chi connectivity index (χ0n) is 47.6. The average molecular weight is 1010 g/mol. The summed E-state index contributed by atoms with van der Waals surface area (Å²) in [5.74, 6) is -0.988. The highest BCUT2D eigenvalue weighted by atomic mass is 16.6. The molecule has 0 heterocycles. The molecule has 6 heteroatoms. The Kier molecular flexibility index (Phi) is 57.4. The van der Waals surface area contributed by atoms with Crippen molar-refractivity contribution in [3.63, 3.8) is 0 Å². The van der Waals surface area contributed by atoms with Crippen molar-refractivity contribution in [3.8, 4) is 0 Å². The summed E-state index contributed by atoms with van der Waals surface area (Å²) in [4.78, 5) is 38.2. The van der Waals surface area contributed by atoms with Crippen molar-refractivity contribution >= 4 is 17.9 Å². The third-order valence-corrected chi connectivity index (χ3v) is 12.7. The van der Waals surface area contributed by atoms with E-state index in [1.54, 1.807) is 0 Å². The maximum atomic E-state index is 12.9. The molecule has 0 aliphatic carbocycles. The minimum Gasteiger partial charge on any atom is -0.462 e. The molecule has 0 amide bonds. The van der Waals surface area contributed by atoms with E-state index in [0.29, 0.717) is 19.3 Å². The first-order valence-corrected chi connectivity index (χ1v) is 30.4. The lowest BCUT2D eigenvalue weighted by atomic mass is 10.0. The van der Waals surface area contributed by atoms with Crippen LogP contribution in [0.2, 0.25) is 0 Å². The van der Waals surface area contributed by atoms with E-state index in [2.05, 4.69) is 130 Å². The van der Waals surface area contributed by atoms with Crippen LogP contribution in [0.15, 0.2) is 109 Å². The summed E-state index contributed by atoms with van der Waals surface area (Å²) >= 11 is 0. The lowest BCUT2D eigenvalue weighted by molar-refractivity contribution is -0.167. The van der Waals surface area contributed by atoms with E-state index in [4.69, 9.17) is 14.2 Å². The highest BCUT2D eigenvalue weighted by Crippen LogP contribution is 2.15. The molecule has 0 aliphatic rings. The number of rotatable bonds is 54. The number of ether oxygens (including phenoxy) is 3. The molecule has 1 atom stereocenters. The van der Waals surface area contributed by atoms with Gasteiger partial charge in [-0.1, -0.05) is 246 Å². The molecular weight excluding hydrogens is 901 g/mol. The Bertz CT molecular complexity index is 1490. The molecule has 0 rings (SSSR count). The highest BCUT2D eigenvalue weighted by Gasteiger charge is 2.19. The molecule has 6 nitrogen and oxygen atoms in total. The molecule has 0 N–H and O–H groups in total. The molecule has 416 valence electrons. The Balaban J connectivity index is 4.48. The Morgan fingerprint density at radius 2 is 0.548 bits per heavy atom. The molecule has 0 unspecified atom stereocenters. The summed E-state index contributed by atoms with van der Waals surface area (Å²) in [6.07, 6.45) is 82.3. The Hall–Kier alpha value is -3.93. The van der Waals surface area contributed by atoms with Gasteiger partial charge >= 0.3 is 17.9 Å². The summed E-state index contributed by atoms with van der Waals surface area (Å²) in [6.45, 7) is 6.44. The van der Waals surface area contributed by atoms with Gasteiger partial charge in [0.15, 0.2) is 6.10 Å². The fourth-order valence-corrected chi connectivity index (χ4v) is 8.19. The third kappa shape index (κ3) is 58.8. The predicted octanol–water partition coefficient (Wildman–Crippen LogP) is 20.7. The molecule has 0 aromatic rings. The van der Waals surface area contributed by atoms with Crippen LogP contribution in [0.4, 0.5) is 0 Å². The van der Waals surface area contributed by atoms with Gasteiger partial charge in [0.2, 0.25) is 0 Å². The summed E-state index contributed by atoms with van der Waals surface area (Å²) in [5.41, 5.74) is 0. The van der Waals surface area contributed by atoms with E-state index in [1.807, 2.05) is 0 Å². The number of esters is 3. The van der Waals surface area contributed by atoms with Crippen LogP contribution in [-0.2, 0) is 28.6 Å². The summed E-state index contributed by atoms with van der Waals surface area (Å²) in [5, 5.41) is 0. The molecule has 0 aliphatic heterocycles. The molecule has 0 aromatic heterocycles. The molecule has 0 fully saturated rings. The molecule has 0 saturated heterocycles. The quantitative estimate of drug-likeness (QED) is 0.0261. The van der Waals surface area contributed by atoms with Crippen molar-refractivity contribution in [2.45, 2.75) is 284 Å². The standard InChI is InChI=1S/C67H112O6/c1-4-7-10-13-16-19-22-25-28-31-32-33-34-37-39-42-45-48-51-54-57-60-66(69)72-63-64(73-67(70)61-58-55-52-49-46-43-40-36-30-27-24-21-18-15-12-9-6-3)62-71-65(68)59-56-53-50-47-44-41-38-35-29-26-23-20-17-14-11-8-5-2/h9,12,17-18,20-21,25-30,38,40-41,43,49,52,64H,4-8,10-11,13-16,19,22-24,31-37,39,42,44-48,50-51,53-63H2,1-3H3/b12-9-,20-17-,21-18-,28-25-,29-26-,30-27-,41-38-,43-40-,52-49-/t64-/m1/s1. The monoisotopic (exact) mass is 1010 g/mol. The average Bonchev–Trinajstić information content (AvgIpc) is 3.39. The smallest absolute Gasteiger partial charge is 0.306 e. The van der Waals surface area contributed by atoms with E-state index < -0.39 is 6.10 Å². The fraction of sp³-hybridized carbons (Fsp3) is 0.687. The van der Waals surface area contributed by atoms with Gasteiger partial charge in [-0.15, -0.1) is 0 Å².